The van der Waals surface area contributed by atoms with Crippen molar-refractivity contribution < 1.29 is 84.6 Å². The number of alkyl halides is 1. The number of ether oxygens (including phenoxy) is 3. The Morgan fingerprint density at radius 1 is 0.469 bits per heavy atom. The Bertz CT molecular complexity index is 6010. The number of carbonyl (C=O) groups excluding carboxylic acids is 4. The number of carbonyl (C=O) groups is 4. The van der Waals surface area contributed by atoms with Gasteiger partial charge in [0, 0.05) is 170 Å². The van der Waals surface area contributed by atoms with Crippen LogP contribution in [0, 0.1) is 34.9 Å². The van der Waals surface area contributed by atoms with Crippen molar-refractivity contribution >= 4 is 144 Å². The van der Waals surface area contributed by atoms with Crippen LogP contribution in [0.5, 0.6) is 28.7 Å². The van der Waals surface area contributed by atoms with Gasteiger partial charge < -0.3 is 60.7 Å². The number of aromatic amines is 1. The third-order valence-electron chi connectivity index (χ3n) is 21.3. The molecular weight excluding hydrogens is 1970 g/mol. The van der Waals surface area contributed by atoms with Crippen LogP contribution in [-0.4, -0.2) is 154 Å². The predicted molar refractivity (Wildman–Crippen MR) is 502 cm³/mol. The van der Waals surface area contributed by atoms with Crippen LogP contribution in [0.2, 0.25) is 0 Å². The third kappa shape index (κ3) is 27.3. The standard InChI is InChI=1S/C28H28BrF2N3O3.C25H22BrF2N3O2.C13H11BrN2O2.C12H13F2NO.C8H4BrNO3.C6H6O2.C3H7ClO/c1-36-14-15-37-22-6-4-21(5-7-22)34-27(35)23-8-3-20(29)17-26(23)32-28(34)10-12-33(13-11-28)18-19-2-9-24(30)25(31)16-19;26-17-2-7-20-23(14-17)29-25(31(24(20)33)18-3-5-19(32)6-4-18)9-11-30(12-10-25)15-16-1-8-21(27)22(28)13-16;14-8-1-6-11(12(15)7-8)13(18)16-9-2-4-10(17)5-3-9;13-11-2-1-9(7-12(11)14)8-15-5-3-10(16)4-6-15;9-4-1-2-5-6(3-4)10-8(12)13-7(5)11;7-5-1-2-6(8)4-3-5;1-5-3-2-4/h2-9,16-17,32H,10-15,18H2,1H3;1-8,13-14,29,32H,9-12,15H2;1-7,17H,15H2,(H,16,18);1-2,7H,3-6,8H2;1-3H,(H,10,12);1-4,7-8H;2-3H2,1H3. The number of nitrogens with two attached hydrogens (primary N) is 1. The number of hydrogen-bond donors (Lipinski definition) is 9. The highest BCUT2D eigenvalue weighted by Crippen LogP contribution is 2.45. The number of aromatic hydroxyl groups is 4. The Morgan fingerprint density at radius 2 is 0.862 bits per heavy atom. The van der Waals surface area contributed by atoms with Gasteiger partial charge in [-0.2, -0.15) is 0 Å². The molecule has 0 bridgehead atoms. The molecule has 6 heterocycles. The number of phenolic OH excluding ortho intramolecular Hbond substituents is 4. The maximum absolute atomic E-state index is 13.9. The van der Waals surface area contributed by atoms with Crippen LogP contribution in [0.1, 0.15) is 86.3 Å². The summed E-state index contributed by atoms with van der Waals surface area (Å²) in [6.07, 6.45) is 3.69. The Kier molecular flexibility index (Phi) is 35.6. The average Bonchev–Trinajstić information content (AvgIpc) is 0.737. The first-order valence-electron chi connectivity index (χ1n) is 40.7. The Labute approximate surface area is 783 Å². The van der Waals surface area contributed by atoms with Crippen molar-refractivity contribution in [1.29, 1.82) is 0 Å². The van der Waals surface area contributed by atoms with Crippen molar-refractivity contribution in [2.75, 3.05) is 111 Å². The van der Waals surface area contributed by atoms with Crippen LogP contribution < -0.4 is 47.6 Å². The van der Waals surface area contributed by atoms with Crippen molar-refractivity contribution in [2.45, 2.75) is 69.5 Å². The summed E-state index contributed by atoms with van der Waals surface area (Å²) >= 11 is 18.7. The molecule has 1 aromatic heterocycles. The number of nitrogens with zero attached hydrogens (tertiary/aromatic N) is 5. The van der Waals surface area contributed by atoms with Crippen molar-refractivity contribution in [3.63, 3.8) is 0 Å². The van der Waals surface area contributed by atoms with Gasteiger partial charge in [0.15, 0.2) is 34.9 Å². The zero-order valence-electron chi connectivity index (χ0n) is 70.1. The summed E-state index contributed by atoms with van der Waals surface area (Å²) in [7, 11) is 3.25. The van der Waals surface area contributed by atoms with Crippen LogP contribution in [0.3, 0.4) is 0 Å². The number of benzene rings is 11. The van der Waals surface area contributed by atoms with Gasteiger partial charge in [0.1, 0.15) is 52.5 Å². The molecule has 0 radical (unpaired) electrons. The van der Waals surface area contributed by atoms with Gasteiger partial charge in [-0.05, 0) is 223 Å². The van der Waals surface area contributed by atoms with Crippen LogP contribution >= 0.6 is 75.3 Å². The quantitative estimate of drug-likeness (QED) is 0.0143. The normalized spacial score (nSPS) is 14.8. The molecule has 5 aliphatic rings. The second kappa shape index (κ2) is 46.8. The van der Waals surface area contributed by atoms with Crippen LogP contribution in [0.15, 0.2) is 256 Å². The number of amides is 3. The molecule has 3 saturated heterocycles. The molecule has 35 heteroatoms. The van der Waals surface area contributed by atoms with Gasteiger partial charge in [-0.15, -0.1) is 11.6 Å². The number of rotatable bonds is 16. The molecule has 0 unspecified atom stereocenters. The number of phenols is 4. The summed E-state index contributed by atoms with van der Waals surface area (Å²) in [6.45, 7) is 7.27. The van der Waals surface area contributed by atoms with Gasteiger partial charge in [0.05, 0.1) is 40.8 Å². The van der Waals surface area contributed by atoms with Crippen LogP contribution in [-0.2, 0) is 33.9 Å². The summed E-state index contributed by atoms with van der Waals surface area (Å²) in [6, 6.07) is 59.2. The van der Waals surface area contributed by atoms with E-state index in [-0.39, 0.29) is 46.5 Å². The molecule has 17 rings (SSSR count). The van der Waals surface area contributed by atoms with E-state index < -0.39 is 57.6 Å². The number of nitrogens with one attached hydrogen (secondary N) is 4. The number of anilines is 6. The van der Waals surface area contributed by atoms with E-state index in [0.29, 0.717) is 179 Å². The Hall–Kier alpha value is -11.6. The summed E-state index contributed by atoms with van der Waals surface area (Å²) in [5, 5.41) is 46.5. The molecule has 0 atom stereocenters. The van der Waals surface area contributed by atoms with Crippen molar-refractivity contribution in [1.82, 2.24) is 19.7 Å². The van der Waals surface area contributed by atoms with E-state index in [0.717, 1.165) is 64.3 Å². The molecule has 0 saturated carbocycles. The minimum atomic E-state index is -0.851. The number of hydrogen-bond acceptors (Lipinski definition) is 20. The number of methoxy groups -OCH3 is 2. The lowest BCUT2D eigenvalue weighted by Crippen LogP contribution is -2.64. The summed E-state index contributed by atoms with van der Waals surface area (Å²) < 4.78 is 103. The molecule has 682 valence electrons. The topological polar surface area (TPSA) is 318 Å². The molecule has 24 nitrogen and oxygen atoms in total. The van der Waals surface area contributed by atoms with Gasteiger partial charge in [-0.25, -0.2) is 35.9 Å². The lowest BCUT2D eigenvalue weighted by molar-refractivity contribution is -0.121. The number of aromatic nitrogens is 1. The number of H-pyrrole nitrogens is 1. The summed E-state index contributed by atoms with van der Waals surface area (Å²) in [4.78, 5) is 84.9. The first-order valence-corrected chi connectivity index (χ1v) is 44.4. The first kappa shape index (κ1) is 99.0. The van der Waals surface area contributed by atoms with E-state index in [9.17, 15) is 60.2 Å². The van der Waals surface area contributed by atoms with E-state index in [1.807, 2.05) is 59.5 Å². The zero-order valence-corrected chi connectivity index (χ0v) is 77.2. The highest BCUT2D eigenvalue weighted by Gasteiger charge is 2.49. The number of Topliss-reactive ketones (excluding diaryl/α,β-unsaturated/α-hetero) is 1. The summed E-state index contributed by atoms with van der Waals surface area (Å²) in [5.74, 6) is -4.01. The fraction of sp³-hybridized carbons (Fsp3) is 0.242. The smallest absolute Gasteiger partial charge is 0.419 e. The van der Waals surface area contributed by atoms with Gasteiger partial charge in [-0.3, -0.25) is 48.7 Å². The zero-order chi connectivity index (χ0) is 93.3. The van der Waals surface area contributed by atoms with Crippen LogP contribution in [0.25, 0.3) is 10.9 Å². The second-order valence-corrected chi connectivity index (χ2v) is 34.4. The minimum absolute atomic E-state index is 0.0663. The Morgan fingerprint density at radius 3 is 1.28 bits per heavy atom. The highest BCUT2D eigenvalue weighted by atomic mass is 79.9. The number of nitrogen functional groups attached to an aromatic ring is 1. The molecule has 5 aliphatic heterocycles. The van der Waals surface area contributed by atoms with Gasteiger partial charge in [-0.1, -0.05) is 81.9 Å². The molecule has 12 aromatic rings. The summed E-state index contributed by atoms with van der Waals surface area (Å²) in [5.41, 5.74) is 12.2. The van der Waals surface area contributed by atoms with E-state index in [2.05, 4.69) is 109 Å². The number of halogens is 11. The maximum atomic E-state index is 13.9. The van der Waals surface area contributed by atoms with Gasteiger partial charge >= 0.3 is 11.4 Å². The molecule has 2 spiro atoms. The molecular formula is C95H91Br4ClF6N10O14. The second-order valence-electron chi connectivity index (χ2n) is 30.4. The Balaban J connectivity index is 0.000000158. The third-order valence-corrected chi connectivity index (χ3v) is 23.4. The van der Waals surface area contributed by atoms with Gasteiger partial charge in [0.25, 0.3) is 17.7 Å². The van der Waals surface area contributed by atoms with E-state index in [4.69, 9.17) is 42.1 Å². The lowest BCUT2D eigenvalue weighted by atomic mass is 9.89. The minimum Gasteiger partial charge on any atom is -0.508 e. The highest BCUT2D eigenvalue weighted by molar-refractivity contribution is 9.11. The fourth-order valence-corrected chi connectivity index (χ4v) is 16.3. The predicted octanol–water partition coefficient (Wildman–Crippen LogP) is 19.6. The van der Waals surface area contributed by atoms with Gasteiger partial charge in [0.2, 0.25) is 0 Å². The lowest BCUT2D eigenvalue weighted by Gasteiger charge is -2.52. The SMILES string of the molecule is COCCCl.COCCOc1ccc(N2C(=O)c3ccc(Br)cc3NC23CCN(Cc2ccc(F)c(F)c2)CC3)cc1.Nc1cc(Br)ccc1C(=O)Nc1ccc(O)cc1.O=C1CCN(Cc2ccc(F)c(F)c2)CC1.O=C1c2ccc(Br)cc2NC2(CCN(Cc3ccc(F)c(F)c3)CC2)N1c1ccc(O)cc1.O=c1[nH]c2cc(Br)ccc2c(=O)o1.Oc1ccc(O)cc1. The number of piperidine rings is 3. The van der Waals surface area contributed by atoms with Crippen molar-refractivity contribution in [2.24, 2.45) is 0 Å². The van der Waals surface area contributed by atoms with E-state index in [1.165, 1.54) is 54.6 Å². The molecule has 10 N–H and O–H groups in total. The molecule has 130 heavy (non-hydrogen) atoms. The average molecular weight is 2070 g/mol. The number of fused-ring (bicyclic) bond motifs is 3. The van der Waals surface area contributed by atoms with E-state index in [1.54, 1.807) is 116 Å². The van der Waals surface area contributed by atoms with Crippen molar-refractivity contribution in [3.05, 3.63) is 332 Å². The molecule has 11 aromatic carbocycles. The molecule has 3 fully saturated rings. The fourth-order valence-electron chi connectivity index (χ4n) is 14.7. The maximum Gasteiger partial charge on any atom is 0.419 e. The molecule has 0 aliphatic carbocycles. The number of ketones is 1. The van der Waals surface area contributed by atoms with E-state index >= 15 is 0 Å². The first-order chi connectivity index (χ1) is 62.3. The van der Waals surface area contributed by atoms with Crippen LogP contribution in [0.4, 0.5) is 60.5 Å². The monoisotopic (exact) mass is 2060 g/mol. The largest absolute Gasteiger partial charge is 0.508 e. The number of likely N-dealkylation sites (tertiary alicyclic amines) is 3. The van der Waals surface area contributed by atoms with Crippen molar-refractivity contribution in [3.8, 4) is 28.7 Å². The molecule has 3 amide bonds.